The van der Waals surface area contributed by atoms with Crippen LogP contribution >= 0.6 is 0 Å². The third kappa shape index (κ3) is 4.98. The minimum absolute atomic E-state index is 0.0767. The van der Waals surface area contributed by atoms with Gasteiger partial charge in [-0.2, -0.15) is 13.2 Å². The van der Waals surface area contributed by atoms with Gasteiger partial charge < -0.3 is 0 Å². The Morgan fingerprint density at radius 2 is 1.89 bits per heavy atom. The van der Waals surface area contributed by atoms with Gasteiger partial charge in [0.25, 0.3) is 0 Å². The van der Waals surface area contributed by atoms with Crippen LogP contribution in [0.15, 0.2) is 24.3 Å². The summed E-state index contributed by atoms with van der Waals surface area (Å²) in [6.07, 6.45) is -4.31. The minimum atomic E-state index is -4.31. The van der Waals surface area contributed by atoms with E-state index in [4.69, 9.17) is 0 Å². The number of carbonyl (C=O) groups is 1. The SMILES string of the molecule is CC(CN(C)CC(F)(F)F)C(=O)c1ccccc1F. The van der Waals surface area contributed by atoms with Crippen LogP contribution in [0.5, 0.6) is 0 Å². The Morgan fingerprint density at radius 3 is 2.42 bits per heavy atom. The zero-order valence-corrected chi connectivity index (χ0v) is 10.7. The van der Waals surface area contributed by atoms with Crippen molar-refractivity contribution in [3.05, 3.63) is 35.6 Å². The molecule has 0 aliphatic heterocycles. The molecule has 0 fully saturated rings. The van der Waals surface area contributed by atoms with Gasteiger partial charge in [0.1, 0.15) is 5.82 Å². The molecule has 1 aromatic rings. The molecule has 0 saturated carbocycles. The average molecular weight is 277 g/mol. The normalized spacial score (nSPS) is 13.6. The van der Waals surface area contributed by atoms with Gasteiger partial charge in [-0.05, 0) is 19.2 Å². The topological polar surface area (TPSA) is 20.3 Å². The van der Waals surface area contributed by atoms with Crippen LogP contribution in [0.25, 0.3) is 0 Å². The van der Waals surface area contributed by atoms with E-state index in [0.29, 0.717) is 0 Å². The van der Waals surface area contributed by atoms with Crippen LogP contribution < -0.4 is 0 Å². The first kappa shape index (κ1) is 15.6. The molecule has 2 nitrogen and oxygen atoms in total. The smallest absolute Gasteiger partial charge is 0.297 e. The number of ketones is 1. The van der Waals surface area contributed by atoms with Gasteiger partial charge in [-0.1, -0.05) is 19.1 Å². The van der Waals surface area contributed by atoms with Crippen molar-refractivity contribution in [1.82, 2.24) is 4.90 Å². The van der Waals surface area contributed by atoms with Crippen molar-refractivity contribution < 1.29 is 22.4 Å². The lowest BCUT2D eigenvalue weighted by Crippen LogP contribution is -2.36. The fraction of sp³-hybridized carbons (Fsp3) is 0.462. The molecule has 1 aromatic carbocycles. The molecular formula is C13H15F4NO. The summed E-state index contributed by atoms with van der Waals surface area (Å²) in [5.74, 6) is -1.85. The molecule has 0 spiro atoms. The van der Waals surface area contributed by atoms with E-state index in [0.717, 1.165) is 11.0 Å². The van der Waals surface area contributed by atoms with Crippen LogP contribution in [0.4, 0.5) is 17.6 Å². The van der Waals surface area contributed by atoms with Gasteiger partial charge in [0, 0.05) is 12.5 Å². The number of benzene rings is 1. The van der Waals surface area contributed by atoms with Crippen LogP contribution in [-0.2, 0) is 0 Å². The van der Waals surface area contributed by atoms with E-state index in [-0.39, 0.29) is 12.1 Å². The molecular weight excluding hydrogens is 262 g/mol. The molecule has 1 rings (SSSR count). The highest BCUT2D eigenvalue weighted by atomic mass is 19.4. The van der Waals surface area contributed by atoms with Crippen LogP contribution in [0.1, 0.15) is 17.3 Å². The zero-order chi connectivity index (χ0) is 14.6. The predicted octanol–water partition coefficient (Wildman–Crippen LogP) is 3.14. The van der Waals surface area contributed by atoms with E-state index in [1.807, 2.05) is 0 Å². The number of hydrogen-bond donors (Lipinski definition) is 0. The number of carbonyl (C=O) groups excluding carboxylic acids is 1. The Balaban J connectivity index is 2.66. The van der Waals surface area contributed by atoms with E-state index in [1.165, 1.54) is 32.2 Å². The summed E-state index contributed by atoms with van der Waals surface area (Å²) in [5.41, 5.74) is -0.0876. The van der Waals surface area contributed by atoms with Gasteiger partial charge in [-0.3, -0.25) is 9.69 Å². The lowest BCUT2D eigenvalue weighted by Gasteiger charge is -2.21. The van der Waals surface area contributed by atoms with E-state index in [2.05, 4.69) is 0 Å². The predicted molar refractivity (Wildman–Crippen MR) is 63.4 cm³/mol. The lowest BCUT2D eigenvalue weighted by molar-refractivity contribution is -0.143. The molecule has 1 unspecified atom stereocenters. The molecule has 0 radical (unpaired) electrons. The van der Waals surface area contributed by atoms with E-state index >= 15 is 0 Å². The van der Waals surface area contributed by atoms with Crippen molar-refractivity contribution in [2.24, 2.45) is 5.92 Å². The molecule has 0 N–H and O–H groups in total. The maximum Gasteiger partial charge on any atom is 0.401 e. The largest absolute Gasteiger partial charge is 0.401 e. The van der Waals surface area contributed by atoms with Crippen molar-refractivity contribution >= 4 is 5.78 Å². The molecule has 0 aliphatic carbocycles. The molecule has 106 valence electrons. The third-order valence-electron chi connectivity index (χ3n) is 2.62. The highest BCUT2D eigenvalue weighted by Crippen LogP contribution is 2.18. The molecule has 0 amide bonds. The van der Waals surface area contributed by atoms with Crippen molar-refractivity contribution in [3.8, 4) is 0 Å². The summed E-state index contributed by atoms with van der Waals surface area (Å²) in [7, 11) is 1.28. The molecule has 6 heteroatoms. The fourth-order valence-corrected chi connectivity index (χ4v) is 1.85. The second-order valence-electron chi connectivity index (χ2n) is 4.56. The second-order valence-corrected chi connectivity index (χ2v) is 4.56. The van der Waals surface area contributed by atoms with Gasteiger partial charge in [0.15, 0.2) is 5.78 Å². The molecule has 0 saturated heterocycles. The van der Waals surface area contributed by atoms with Crippen LogP contribution in [0.2, 0.25) is 0 Å². The van der Waals surface area contributed by atoms with Crippen LogP contribution in [0.3, 0.4) is 0 Å². The van der Waals surface area contributed by atoms with Gasteiger partial charge in [-0.25, -0.2) is 4.39 Å². The minimum Gasteiger partial charge on any atom is -0.297 e. The number of halogens is 4. The number of alkyl halides is 3. The average Bonchev–Trinajstić information content (AvgIpc) is 2.26. The van der Waals surface area contributed by atoms with Crippen molar-refractivity contribution in [2.45, 2.75) is 13.1 Å². The van der Waals surface area contributed by atoms with Crippen molar-refractivity contribution in [2.75, 3.05) is 20.1 Å². The standard InChI is InChI=1S/C13H15F4NO/c1-9(7-18(2)8-13(15,16)17)12(19)10-5-3-4-6-11(10)14/h3-6,9H,7-8H2,1-2H3. The molecule has 1 atom stereocenters. The molecule has 0 bridgehead atoms. The Labute approximate surface area is 109 Å². The zero-order valence-electron chi connectivity index (χ0n) is 10.7. The molecule has 0 heterocycles. The number of Topliss-reactive ketones (excluding diaryl/α,β-unsaturated/α-hetero) is 1. The summed E-state index contributed by atoms with van der Waals surface area (Å²) in [6.45, 7) is 0.316. The quantitative estimate of drug-likeness (QED) is 0.608. The lowest BCUT2D eigenvalue weighted by atomic mass is 9.98. The number of nitrogens with zero attached hydrogens (tertiary/aromatic N) is 1. The van der Waals surface area contributed by atoms with Gasteiger partial charge in [0.05, 0.1) is 12.1 Å². The molecule has 0 aromatic heterocycles. The van der Waals surface area contributed by atoms with Gasteiger partial charge in [0.2, 0.25) is 0 Å². The Morgan fingerprint density at radius 1 is 1.32 bits per heavy atom. The third-order valence-corrected chi connectivity index (χ3v) is 2.62. The molecule has 19 heavy (non-hydrogen) atoms. The van der Waals surface area contributed by atoms with E-state index < -0.39 is 30.2 Å². The van der Waals surface area contributed by atoms with E-state index in [9.17, 15) is 22.4 Å². The number of hydrogen-bond acceptors (Lipinski definition) is 2. The summed E-state index contributed by atoms with van der Waals surface area (Å²) >= 11 is 0. The first-order chi connectivity index (χ1) is 8.70. The highest BCUT2D eigenvalue weighted by Gasteiger charge is 2.30. The maximum absolute atomic E-state index is 13.4. The first-order valence-corrected chi connectivity index (χ1v) is 5.74. The van der Waals surface area contributed by atoms with E-state index in [1.54, 1.807) is 0 Å². The van der Waals surface area contributed by atoms with Crippen molar-refractivity contribution in [1.29, 1.82) is 0 Å². The number of rotatable bonds is 5. The maximum atomic E-state index is 13.4. The molecule has 0 aliphatic rings. The Kier molecular flexibility index (Phi) is 5.05. The highest BCUT2D eigenvalue weighted by molar-refractivity contribution is 5.98. The summed E-state index contributed by atoms with van der Waals surface area (Å²) in [6, 6.07) is 5.45. The summed E-state index contributed by atoms with van der Waals surface area (Å²) in [5, 5.41) is 0. The fourth-order valence-electron chi connectivity index (χ4n) is 1.85. The second kappa shape index (κ2) is 6.14. The van der Waals surface area contributed by atoms with Crippen molar-refractivity contribution in [3.63, 3.8) is 0 Å². The summed E-state index contributed by atoms with van der Waals surface area (Å²) in [4.78, 5) is 12.9. The summed E-state index contributed by atoms with van der Waals surface area (Å²) < 4.78 is 49.9. The Bertz CT molecular complexity index is 445. The van der Waals surface area contributed by atoms with Crippen LogP contribution in [-0.4, -0.2) is 37.0 Å². The van der Waals surface area contributed by atoms with Crippen LogP contribution in [0, 0.1) is 11.7 Å². The first-order valence-electron chi connectivity index (χ1n) is 5.74. The monoisotopic (exact) mass is 277 g/mol. The van der Waals surface area contributed by atoms with Gasteiger partial charge >= 0.3 is 6.18 Å². The Hall–Kier alpha value is -1.43. The van der Waals surface area contributed by atoms with Gasteiger partial charge in [-0.15, -0.1) is 0 Å².